The van der Waals surface area contributed by atoms with E-state index in [1.54, 1.807) is 12.4 Å². The Hall–Kier alpha value is -3.78. The summed E-state index contributed by atoms with van der Waals surface area (Å²) in [6.07, 6.45) is 8.29. The molecular formula is C24H25N7O. The lowest BCUT2D eigenvalue weighted by Crippen LogP contribution is -2.36. The quantitative estimate of drug-likeness (QED) is 0.374. The number of aromatic nitrogens is 4. The minimum absolute atomic E-state index is 0.653. The topological polar surface area (TPSA) is 79.9 Å². The lowest BCUT2D eigenvalue weighted by molar-refractivity contribution is 0.123. The van der Waals surface area contributed by atoms with Crippen LogP contribution in [0.1, 0.15) is 18.1 Å². The van der Waals surface area contributed by atoms with Crippen LogP contribution in [0.25, 0.3) is 16.9 Å². The van der Waals surface area contributed by atoms with Crippen molar-refractivity contribution in [2.75, 3.05) is 36.6 Å². The zero-order chi connectivity index (χ0) is 21.8. The maximum atomic E-state index is 5.54. The number of nitrogens with zero attached hydrogens (tertiary/aromatic N) is 6. The molecule has 5 rings (SSSR count). The van der Waals surface area contributed by atoms with E-state index < -0.39 is 0 Å². The number of pyridine rings is 1. The van der Waals surface area contributed by atoms with Crippen molar-refractivity contribution in [3.8, 4) is 11.3 Å². The first-order valence-electron chi connectivity index (χ1n) is 10.8. The first kappa shape index (κ1) is 20.1. The highest BCUT2D eigenvalue weighted by Crippen LogP contribution is 2.27. The third-order valence-electron chi connectivity index (χ3n) is 5.49. The number of hydrogen-bond donors (Lipinski definition) is 1. The summed E-state index contributed by atoms with van der Waals surface area (Å²) in [6.45, 7) is 5.15. The van der Waals surface area contributed by atoms with Gasteiger partial charge in [-0.2, -0.15) is 5.10 Å². The molecule has 3 aromatic heterocycles. The number of anilines is 2. The molecule has 8 heteroatoms. The van der Waals surface area contributed by atoms with Gasteiger partial charge in [-0.25, -0.2) is 9.50 Å². The number of fused-ring (bicyclic) bond motifs is 1. The number of hydrazone groups is 1. The number of imidazole rings is 1. The second-order valence-electron chi connectivity index (χ2n) is 7.61. The molecule has 0 saturated carbocycles. The summed E-state index contributed by atoms with van der Waals surface area (Å²) in [5, 5.41) is 9.12. The SMILES string of the molecule is CCc1cccc(/C=N/Nc2cc(N3CCOCC3)c3nc(-c4ccncc4)cn3n2)c1. The Labute approximate surface area is 186 Å². The molecule has 0 unspecified atom stereocenters. The summed E-state index contributed by atoms with van der Waals surface area (Å²) in [7, 11) is 0. The van der Waals surface area contributed by atoms with Crippen LogP contribution in [0.15, 0.2) is 66.2 Å². The average molecular weight is 428 g/mol. The highest BCUT2D eigenvalue weighted by molar-refractivity contribution is 5.81. The fourth-order valence-corrected chi connectivity index (χ4v) is 3.78. The molecule has 1 aliphatic heterocycles. The van der Waals surface area contributed by atoms with E-state index in [0.717, 1.165) is 47.7 Å². The maximum absolute atomic E-state index is 5.54. The van der Waals surface area contributed by atoms with Crippen molar-refractivity contribution in [1.82, 2.24) is 19.6 Å². The molecule has 4 heterocycles. The van der Waals surface area contributed by atoms with Crippen LogP contribution < -0.4 is 10.3 Å². The van der Waals surface area contributed by atoms with Crippen molar-refractivity contribution in [3.63, 3.8) is 0 Å². The van der Waals surface area contributed by atoms with Crippen LogP contribution >= 0.6 is 0 Å². The van der Waals surface area contributed by atoms with Crippen LogP contribution in [-0.2, 0) is 11.2 Å². The van der Waals surface area contributed by atoms with E-state index in [1.165, 1.54) is 5.56 Å². The summed E-state index contributed by atoms with van der Waals surface area (Å²) >= 11 is 0. The predicted octanol–water partition coefficient (Wildman–Crippen LogP) is 3.64. The van der Waals surface area contributed by atoms with Crippen molar-refractivity contribution in [1.29, 1.82) is 0 Å². The van der Waals surface area contributed by atoms with Gasteiger partial charge in [-0.05, 0) is 29.7 Å². The molecular weight excluding hydrogens is 402 g/mol. The van der Waals surface area contributed by atoms with Crippen molar-refractivity contribution < 1.29 is 4.74 Å². The van der Waals surface area contributed by atoms with Crippen molar-refractivity contribution in [2.45, 2.75) is 13.3 Å². The molecule has 0 amide bonds. The fourth-order valence-electron chi connectivity index (χ4n) is 3.78. The van der Waals surface area contributed by atoms with Gasteiger partial charge < -0.3 is 9.64 Å². The van der Waals surface area contributed by atoms with Crippen LogP contribution in [-0.4, -0.2) is 52.1 Å². The molecule has 1 aromatic carbocycles. The first-order valence-corrected chi connectivity index (χ1v) is 10.8. The Morgan fingerprint density at radius 1 is 1.12 bits per heavy atom. The van der Waals surface area contributed by atoms with Crippen molar-refractivity contribution in [3.05, 3.63) is 72.2 Å². The minimum Gasteiger partial charge on any atom is -0.378 e. The van der Waals surface area contributed by atoms with Gasteiger partial charge in [0.2, 0.25) is 0 Å². The Bertz CT molecular complexity index is 1230. The molecule has 0 radical (unpaired) electrons. The lowest BCUT2D eigenvalue weighted by atomic mass is 10.1. The van der Waals surface area contributed by atoms with Gasteiger partial charge in [-0.3, -0.25) is 10.4 Å². The zero-order valence-electron chi connectivity index (χ0n) is 18.0. The number of benzene rings is 1. The predicted molar refractivity (Wildman–Crippen MR) is 126 cm³/mol. The van der Waals surface area contributed by atoms with E-state index in [0.29, 0.717) is 19.0 Å². The minimum atomic E-state index is 0.653. The molecule has 0 spiro atoms. The number of rotatable bonds is 6. The van der Waals surface area contributed by atoms with Crippen LogP contribution in [0, 0.1) is 0 Å². The molecule has 0 aliphatic carbocycles. The molecule has 4 aromatic rings. The zero-order valence-corrected chi connectivity index (χ0v) is 18.0. The normalized spacial score (nSPS) is 14.3. The van der Waals surface area contributed by atoms with Crippen LogP contribution in [0.2, 0.25) is 0 Å². The van der Waals surface area contributed by atoms with Crippen molar-refractivity contribution >= 4 is 23.4 Å². The van der Waals surface area contributed by atoms with Crippen molar-refractivity contribution in [2.24, 2.45) is 5.10 Å². The Morgan fingerprint density at radius 3 is 2.78 bits per heavy atom. The number of aryl methyl sites for hydroxylation is 1. The molecule has 0 atom stereocenters. The maximum Gasteiger partial charge on any atom is 0.177 e. The molecule has 1 aliphatic rings. The summed E-state index contributed by atoms with van der Waals surface area (Å²) < 4.78 is 7.36. The van der Waals surface area contributed by atoms with E-state index in [-0.39, 0.29) is 0 Å². The second kappa shape index (κ2) is 9.15. The van der Waals surface area contributed by atoms with E-state index in [9.17, 15) is 0 Å². The van der Waals surface area contributed by atoms with Crippen LogP contribution in [0.5, 0.6) is 0 Å². The van der Waals surface area contributed by atoms with Gasteiger partial charge in [0, 0.05) is 37.1 Å². The molecule has 1 fully saturated rings. The molecule has 0 bridgehead atoms. The van der Waals surface area contributed by atoms with Gasteiger partial charge in [0.15, 0.2) is 11.5 Å². The Morgan fingerprint density at radius 2 is 1.97 bits per heavy atom. The molecule has 32 heavy (non-hydrogen) atoms. The molecule has 8 nitrogen and oxygen atoms in total. The molecule has 1 saturated heterocycles. The Balaban J connectivity index is 1.48. The molecule has 162 valence electrons. The smallest absolute Gasteiger partial charge is 0.177 e. The van der Waals surface area contributed by atoms with Gasteiger partial charge in [0.1, 0.15) is 0 Å². The van der Waals surface area contributed by atoms with Crippen LogP contribution in [0.3, 0.4) is 0 Å². The summed E-state index contributed by atoms with van der Waals surface area (Å²) in [4.78, 5) is 11.3. The third-order valence-corrected chi connectivity index (χ3v) is 5.49. The fraction of sp³-hybridized carbons (Fsp3) is 0.250. The molecule has 1 N–H and O–H groups in total. The third kappa shape index (κ3) is 4.31. The van der Waals surface area contributed by atoms with Gasteiger partial charge in [0.25, 0.3) is 0 Å². The number of hydrogen-bond acceptors (Lipinski definition) is 7. The van der Waals surface area contributed by atoms with E-state index in [4.69, 9.17) is 14.8 Å². The Kier molecular flexibility index (Phi) is 5.76. The van der Waals surface area contributed by atoms with Gasteiger partial charge >= 0.3 is 0 Å². The highest BCUT2D eigenvalue weighted by Gasteiger charge is 2.18. The van der Waals surface area contributed by atoms with E-state index >= 15 is 0 Å². The van der Waals surface area contributed by atoms with Gasteiger partial charge in [0.05, 0.1) is 37.0 Å². The van der Waals surface area contributed by atoms with E-state index in [1.807, 2.05) is 47.3 Å². The largest absolute Gasteiger partial charge is 0.378 e. The number of nitrogens with one attached hydrogen (secondary N) is 1. The van der Waals surface area contributed by atoms with Gasteiger partial charge in [-0.1, -0.05) is 31.2 Å². The summed E-state index contributed by atoms with van der Waals surface area (Å²) in [5.74, 6) is 0.653. The summed E-state index contributed by atoms with van der Waals surface area (Å²) in [5.41, 5.74) is 9.10. The monoisotopic (exact) mass is 427 g/mol. The van der Waals surface area contributed by atoms with Crippen LogP contribution in [0.4, 0.5) is 11.5 Å². The second-order valence-corrected chi connectivity index (χ2v) is 7.61. The number of ether oxygens (including phenoxy) is 1. The number of morpholine rings is 1. The highest BCUT2D eigenvalue weighted by atomic mass is 16.5. The van der Waals surface area contributed by atoms with Gasteiger partial charge in [-0.15, -0.1) is 5.10 Å². The van der Waals surface area contributed by atoms with E-state index in [2.05, 4.69) is 39.5 Å². The lowest BCUT2D eigenvalue weighted by Gasteiger charge is -2.29. The average Bonchev–Trinajstić information content (AvgIpc) is 3.29. The first-order chi connectivity index (χ1) is 15.8. The standard InChI is InChI=1S/C24H25N7O/c1-2-18-4-3-5-19(14-18)16-26-28-23-15-22(30-10-12-32-13-11-30)24-27-21(17-31(24)29-23)20-6-8-25-9-7-20/h3-9,14-17H,2,10-13H2,1H3,(H,28,29)/b26-16+. The summed E-state index contributed by atoms with van der Waals surface area (Å²) in [6, 6.07) is 14.2.